The lowest BCUT2D eigenvalue weighted by molar-refractivity contribution is -0.136. The second-order valence-electron chi connectivity index (χ2n) is 7.47. The van der Waals surface area contributed by atoms with E-state index in [-0.39, 0.29) is 28.3 Å². The van der Waals surface area contributed by atoms with E-state index in [2.05, 4.69) is 51.3 Å². The van der Waals surface area contributed by atoms with Gasteiger partial charge in [-0.25, -0.2) is 0 Å². The zero-order valence-corrected chi connectivity index (χ0v) is 16.2. The minimum atomic E-state index is -1.85. The standard InChI is InChI=1S/C17H27NO2SSi/c1-12(20-22(5,6)17(2,3)4)14-15(19)18-16(14)21-13-10-8-7-9-11-13/h7-12,14,16H,1-6H3,(H,18,19)/t12-,14+,16-/m0/s1. The van der Waals surface area contributed by atoms with Crippen molar-refractivity contribution in [3.8, 4) is 0 Å². The Balaban J connectivity index is 2.02. The number of amides is 1. The monoisotopic (exact) mass is 337 g/mol. The molecule has 1 aliphatic heterocycles. The number of nitrogens with one attached hydrogen (secondary N) is 1. The van der Waals surface area contributed by atoms with Crippen LogP contribution in [0.15, 0.2) is 35.2 Å². The Bertz CT molecular complexity index is 527. The van der Waals surface area contributed by atoms with Crippen LogP contribution in [0.4, 0.5) is 0 Å². The topological polar surface area (TPSA) is 38.3 Å². The highest BCUT2D eigenvalue weighted by atomic mass is 32.2. The van der Waals surface area contributed by atoms with E-state index in [0.717, 1.165) is 0 Å². The second kappa shape index (κ2) is 6.38. The number of hydrogen-bond donors (Lipinski definition) is 1. The molecule has 1 aromatic rings. The van der Waals surface area contributed by atoms with Gasteiger partial charge in [-0.15, -0.1) is 11.8 Å². The lowest BCUT2D eigenvalue weighted by atomic mass is 9.96. The summed E-state index contributed by atoms with van der Waals surface area (Å²) in [4.78, 5) is 13.2. The molecule has 1 aliphatic rings. The summed E-state index contributed by atoms with van der Waals surface area (Å²) in [5.74, 6) is 0.0407. The molecule has 2 rings (SSSR count). The second-order valence-corrected chi connectivity index (χ2v) is 13.4. The van der Waals surface area contributed by atoms with E-state index in [1.165, 1.54) is 4.90 Å². The number of thioether (sulfide) groups is 1. The van der Waals surface area contributed by atoms with Crippen LogP contribution >= 0.6 is 11.8 Å². The molecule has 5 heteroatoms. The maximum atomic E-state index is 12.0. The summed E-state index contributed by atoms with van der Waals surface area (Å²) < 4.78 is 6.41. The summed E-state index contributed by atoms with van der Waals surface area (Å²) in [6, 6.07) is 10.2. The Kier molecular flexibility index (Phi) is 5.09. The third-order valence-corrected chi connectivity index (χ3v) is 10.5. The first-order chi connectivity index (χ1) is 10.1. The molecule has 1 fully saturated rings. The van der Waals surface area contributed by atoms with Crippen LogP contribution in [0.1, 0.15) is 27.7 Å². The Morgan fingerprint density at radius 2 is 1.82 bits per heavy atom. The van der Waals surface area contributed by atoms with E-state index in [4.69, 9.17) is 4.43 Å². The van der Waals surface area contributed by atoms with Gasteiger partial charge in [0.15, 0.2) is 8.32 Å². The number of carbonyl (C=O) groups is 1. The van der Waals surface area contributed by atoms with Crippen LogP contribution in [0, 0.1) is 5.92 Å². The van der Waals surface area contributed by atoms with Crippen molar-refractivity contribution in [1.82, 2.24) is 5.32 Å². The van der Waals surface area contributed by atoms with E-state index in [1.807, 2.05) is 25.1 Å². The van der Waals surface area contributed by atoms with Gasteiger partial charge in [-0.2, -0.15) is 0 Å². The molecule has 0 saturated carbocycles. The van der Waals surface area contributed by atoms with E-state index in [9.17, 15) is 4.79 Å². The molecule has 1 N–H and O–H groups in total. The maximum absolute atomic E-state index is 12.0. The maximum Gasteiger partial charge on any atom is 0.229 e. The van der Waals surface area contributed by atoms with Crippen LogP contribution in [0.3, 0.4) is 0 Å². The predicted molar refractivity (Wildman–Crippen MR) is 95.5 cm³/mol. The van der Waals surface area contributed by atoms with Crippen LogP contribution in [-0.2, 0) is 9.22 Å². The summed E-state index contributed by atoms with van der Waals surface area (Å²) in [5.41, 5.74) is 0. The van der Waals surface area contributed by atoms with Gasteiger partial charge in [0.2, 0.25) is 5.91 Å². The van der Waals surface area contributed by atoms with Gasteiger partial charge in [0.05, 0.1) is 17.4 Å². The molecule has 3 nitrogen and oxygen atoms in total. The van der Waals surface area contributed by atoms with Gasteiger partial charge in [-0.3, -0.25) is 4.79 Å². The molecule has 0 radical (unpaired) electrons. The first-order valence-corrected chi connectivity index (χ1v) is 11.6. The molecular weight excluding hydrogens is 310 g/mol. The Morgan fingerprint density at radius 1 is 1.23 bits per heavy atom. The molecule has 0 bridgehead atoms. The average Bonchev–Trinajstić information content (AvgIpc) is 2.36. The molecule has 0 aromatic heterocycles. The van der Waals surface area contributed by atoms with Crippen molar-refractivity contribution in [3.05, 3.63) is 30.3 Å². The minimum absolute atomic E-state index is 0.0455. The molecular formula is C17H27NO2SSi. The first-order valence-electron chi connectivity index (χ1n) is 7.82. The lowest BCUT2D eigenvalue weighted by Crippen LogP contribution is -2.62. The minimum Gasteiger partial charge on any atom is -0.413 e. The Labute approximate surface area is 139 Å². The molecule has 1 heterocycles. The molecule has 0 aliphatic carbocycles. The van der Waals surface area contributed by atoms with Crippen LogP contribution in [-0.4, -0.2) is 25.7 Å². The molecule has 22 heavy (non-hydrogen) atoms. The Morgan fingerprint density at radius 3 is 2.32 bits per heavy atom. The molecule has 1 amide bonds. The van der Waals surface area contributed by atoms with E-state index >= 15 is 0 Å². The molecule has 0 spiro atoms. The van der Waals surface area contributed by atoms with Crippen molar-refractivity contribution in [1.29, 1.82) is 0 Å². The van der Waals surface area contributed by atoms with Crippen LogP contribution in [0.2, 0.25) is 18.1 Å². The fourth-order valence-electron chi connectivity index (χ4n) is 2.29. The highest BCUT2D eigenvalue weighted by molar-refractivity contribution is 8.00. The van der Waals surface area contributed by atoms with Gasteiger partial charge in [-0.1, -0.05) is 39.0 Å². The average molecular weight is 338 g/mol. The highest BCUT2D eigenvalue weighted by Crippen LogP contribution is 2.40. The summed E-state index contributed by atoms with van der Waals surface area (Å²) in [6.07, 6.45) is -0.0455. The normalized spacial score (nSPS) is 23.6. The van der Waals surface area contributed by atoms with Crippen molar-refractivity contribution >= 4 is 26.0 Å². The quantitative estimate of drug-likeness (QED) is 0.644. The van der Waals surface area contributed by atoms with Gasteiger partial charge in [-0.05, 0) is 37.2 Å². The van der Waals surface area contributed by atoms with Crippen molar-refractivity contribution in [2.24, 2.45) is 5.92 Å². The number of β-lactam (4-membered cyclic amide) rings is 1. The zero-order chi connectivity index (χ0) is 16.5. The first kappa shape index (κ1) is 17.6. The van der Waals surface area contributed by atoms with Crippen molar-refractivity contribution in [2.75, 3.05) is 0 Å². The molecule has 0 unspecified atom stereocenters. The largest absolute Gasteiger partial charge is 0.413 e. The van der Waals surface area contributed by atoms with Gasteiger partial charge < -0.3 is 9.74 Å². The number of benzene rings is 1. The van der Waals surface area contributed by atoms with E-state index < -0.39 is 8.32 Å². The lowest BCUT2D eigenvalue weighted by Gasteiger charge is -2.45. The predicted octanol–water partition coefficient (Wildman–Crippen LogP) is 4.26. The van der Waals surface area contributed by atoms with Gasteiger partial charge >= 0.3 is 0 Å². The van der Waals surface area contributed by atoms with Crippen LogP contribution in [0.25, 0.3) is 0 Å². The van der Waals surface area contributed by atoms with Crippen LogP contribution in [0.5, 0.6) is 0 Å². The van der Waals surface area contributed by atoms with E-state index in [0.29, 0.717) is 0 Å². The van der Waals surface area contributed by atoms with Crippen molar-refractivity contribution in [2.45, 2.75) is 62.2 Å². The summed E-state index contributed by atoms with van der Waals surface area (Å²) in [7, 11) is -1.85. The third kappa shape index (κ3) is 3.75. The van der Waals surface area contributed by atoms with E-state index in [1.54, 1.807) is 11.8 Å². The van der Waals surface area contributed by atoms with Crippen LogP contribution < -0.4 is 5.32 Å². The SMILES string of the molecule is C[C@H](O[Si](C)(C)C(C)(C)C)[C@@H]1C(=O)N[C@H]1Sc1ccccc1. The van der Waals surface area contributed by atoms with Gasteiger partial charge in [0.25, 0.3) is 0 Å². The van der Waals surface area contributed by atoms with Crippen molar-refractivity contribution < 1.29 is 9.22 Å². The molecule has 1 saturated heterocycles. The fraction of sp³-hybridized carbons (Fsp3) is 0.588. The zero-order valence-electron chi connectivity index (χ0n) is 14.3. The number of carbonyl (C=O) groups excluding carboxylic acids is 1. The highest BCUT2D eigenvalue weighted by Gasteiger charge is 2.47. The molecule has 3 atom stereocenters. The van der Waals surface area contributed by atoms with Gasteiger partial charge in [0.1, 0.15) is 0 Å². The Hall–Kier alpha value is -0.783. The summed E-state index contributed by atoms with van der Waals surface area (Å²) in [6.45, 7) is 13.2. The summed E-state index contributed by atoms with van der Waals surface area (Å²) >= 11 is 1.71. The van der Waals surface area contributed by atoms with Crippen molar-refractivity contribution in [3.63, 3.8) is 0 Å². The molecule has 1 aromatic carbocycles. The van der Waals surface area contributed by atoms with Gasteiger partial charge in [0, 0.05) is 4.90 Å². The number of hydrogen-bond acceptors (Lipinski definition) is 3. The number of rotatable bonds is 5. The summed E-state index contributed by atoms with van der Waals surface area (Å²) in [5, 5.41) is 3.27. The smallest absolute Gasteiger partial charge is 0.229 e. The third-order valence-electron chi connectivity index (χ3n) is 4.71. The molecule has 122 valence electrons. The fourth-order valence-corrected chi connectivity index (χ4v) is 4.99.